The first-order chi connectivity index (χ1) is 27.4. The van der Waals surface area contributed by atoms with Crippen LogP contribution in [0.3, 0.4) is 0 Å². The summed E-state index contributed by atoms with van der Waals surface area (Å²) in [6.07, 6.45) is 9.40. The Hall–Kier alpha value is -4.25. The smallest absolute Gasteiger partial charge is 0.305 e. The minimum absolute atomic E-state index is 0.00666. The lowest BCUT2D eigenvalue weighted by molar-refractivity contribution is -0.863. The molecule has 1 aromatic carbocycles. The SMILES string of the molecule is CCC(=O)OCc1ccc(NC(=O)C(CCCCN)NC(=O)COCC(=O)NCCC(C)(C)OC[N+](C)(C)/C=C(/CNC(=O)C2CCC(CC(C)C)CC2)N=N)cc1. The van der Waals surface area contributed by atoms with Gasteiger partial charge in [-0.2, -0.15) is 5.11 Å². The summed E-state index contributed by atoms with van der Waals surface area (Å²) in [5.74, 6) is -0.251. The van der Waals surface area contributed by atoms with E-state index in [1.165, 1.54) is 6.42 Å². The molecular formula is C42H71N8O8+. The van der Waals surface area contributed by atoms with Crippen molar-refractivity contribution < 1.29 is 42.7 Å². The number of quaternary nitrogens is 1. The van der Waals surface area contributed by atoms with Gasteiger partial charge in [-0.1, -0.05) is 32.9 Å². The molecule has 1 aliphatic rings. The van der Waals surface area contributed by atoms with Crippen LogP contribution in [-0.2, 0) is 44.8 Å². The summed E-state index contributed by atoms with van der Waals surface area (Å²) in [6.45, 7) is 10.6. The van der Waals surface area contributed by atoms with E-state index in [9.17, 15) is 24.0 Å². The van der Waals surface area contributed by atoms with Crippen LogP contribution >= 0.6 is 0 Å². The highest BCUT2D eigenvalue weighted by Crippen LogP contribution is 2.32. The number of nitrogens with two attached hydrogens (primary N) is 1. The molecule has 16 heteroatoms. The van der Waals surface area contributed by atoms with Crippen molar-refractivity contribution in [3.8, 4) is 0 Å². The largest absolute Gasteiger partial charge is 0.461 e. The summed E-state index contributed by atoms with van der Waals surface area (Å²) in [6, 6.07) is 6.02. The second-order valence-electron chi connectivity index (χ2n) is 16.8. The molecule has 0 saturated heterocycles. The summed E-state index contributed by atoms with van der Waals surface area (Å²) in [4.78, 5) is 62.5. The van der Waals surface area contributed by atoms with E-state index < -0.39 is 36.0 Å². The maximum absolute atomic E-state index is 13.1. The van der Waals surface area contributed by atoms with E-state index in [0.29, 0.717) is 62.0 Å². The summed E-state index contributed by atoms with van der Waals surface area (Å²) in [7, 11) is 3.83. The highest BCUT2D eigenvalue weighted by Gasteiger charge is 2.28. The lowest BCUT2D eigenvalue weighted by Gasteiger charge is -2.32. The van der Waals surface area contributed by atoms with E-state index in [1.807, 2.05) is 27.9 Å². The fraction of sp³-hybridized carbons (Fsp3) is 0.690. The standard InChI is InChI=1S/C42H70N8O8/c1-8-39(53)57-26-32-14-18-34(19-15-32)47-41(55)36(11-9-10-21-43)48-38(52)28-56-27-37(51)45-22-20-42(4,5)58-29-50(6,7)25-35(49-44)24-46-40(54)33-16-12-31(13-17-33)23-30(2)3/h14-15,18-19,25,30-31,33,36,44H,8-13,16-17,20-24,26-29,43H2,1-7H3,(H3-,45,46,47,48,51,52,54,55)/p+1/b35-25-,49-44?. The van der Waals surface area contributed by atoms with Crippen LogP contribution in [-0.4, -0.2) is 99.4 Å². The van der Waals surface area contributed by atoms with E-state index in [-0.39, 0.29) is 55.2 Å². The van der Waals surface area contributed by atoms with Gasteiger partial charge in [0.1, 0.15) is 37.8 Å². The van der Waals surface area contributed by atoms with Crippen molar-refractivity contribution in [2.75, 3.05) is 59.0 Å². The average Bonchev–Trinajstić information content (AvgIpc) is 3.17. The molecule has 326 valence electrons. The normalized spacial score (nSPS) is 16.6. The van der Waals surface area contributed by atoms with Gasteiger partial charge in [0.2, 0.25) is 23.6 Å². The summed E-state index contributed by atoms with van der Waals surface area (Å²) in [5.41, 5.74) is 14.4. The number of anilines is 1. The van der Waals surface area contributed by atoms with E-state index in [4.69, 9.17) is 25.5 Å². The average molecular weight is 816 g/mol. The van der Waals surface area contributed by atoms with E-state index >= 15 is 0 Å². The van der Waals surface area contributed by atoms with Crippen molar-refractivity contribution in [2.24, 2.45) is 28.6 Å². The van der Waals surface area contributed by atoms with E-state index in [1.54, 1.807) is 37.4 Å². The Bertz CT molecular complexity index is 1490. The molecule has 58 heavy (non-hydrogen) atoms. The Morgan fingerprint density at radius 3 is 2.29 bits per heavy atom. The molecule has 0 radical (unpaired) electrons. The number of carbonyl (C=O) groups excluding carboxylic acids is 5. The molecular weight excluding hydrogens is 745 g/mol. The van der Waals surface area contributed by atoms with Gasteiger partial charge in [-0.05, 0) is 108 Å². The van der Waals surface area contributed by atoms with Gasteiger partial charge in [0.05, 0.1) is 26.2 Å². The fourth-order valence-corrected chi connectivity index (χ4v) is 6.58. The highest BCUT2D eigenvalue weighted by atomic mass is 16.5. The maximum Gasteiger partial charge on any atom is 0.305 e. The molecule has 0 aliphatic heterocycles. The molecule has 7 N–H and O–H groups in total. The number of hydrogen-bond acceptors (Lipinski definition) is 11. The number of esters is 1. The third kappa shape index (κ3) is 21.0. The Kier molecular flexibility index (Phi) is 22.3. The first-order valence-electron chi connectivity index (χ1n) is 20.7. The van der Waals surface area contributed by atoms with Gasteiger partial charge in [0.15, 0.2) is 6.73 Å². The molecule has 2 rings (SSSR count). The zero-order chi connectivity index (χ0) is 43.1. The second-order valence-corrected chi connectivity index (χ2v) is 16.8. The van der Waals surface area contributed by atoms with Crippen molar-refractivity contribution in [3.05, 3.63) is 41.7 Å². The maximum atomic E-state index is 13.1. The molecule has 0 bridgehead atoms. The number of nitrogens with one attached hydrogen (secondary N) is 5. The molecule has 1 atom stereocenters. The molecule has 0 spiro atoms. The first kappa shape index (κ1) is 49.9. The molecule has 4 amide bonds. The van der Waals surface area contributed by atoms with Crippen molar-refractivity contribution in [2.45, 2.75) is 117 Å². The number of benzene rings is 1. The molecule has 1 unspecified atom stereocenters. The van der Waals surface area contributed by atoms with Crippen molar-refractivity contribution in [1.29, 1.82) is 5.53 Å². The van der Waals surface area contributed by atoms with Crippen LogP contribution in [0.2, 0.25) is 0 Å². The second kappa shape index (κ2) is 26.0. The summed E-state index contributed by atoms with van der Waals surface area (Å²) < 4.78 is 16.9. The molecule has 16 nitrogen and oxygen atoms in total. The molecule has 1 saturated carbocycles. The van der Waals surface area contributed by atoms with Gasteiger partial charge >= 0.3 is 5.97 Å². The highest BCUT2D eigenvalue weighted by molar-refractivity contribution is 5.97. The molecule has 1 fully saturated rings. The van der Waals surface area contributed by atoms with Gasteiger partial charge in [-0.25, -0.2) is 5.53 Å². The predicted octanol–water partition coefficient (Wildman–Crippen LogP) is 4.89. The van der Waals surface area contributed by atoms with Gasteiger partial charge < -0.3 is 41.2 Å². The number of amides is 4. The van der Waals surface area contributed by atoms with Gasteiger partial charge in [-0.15, -0.1) is 0 Å². The van der Waals surface area contributed by atoms with Crippen molar-refractivity contribution >= 4 is 35.3 Å². The summed E-state index contributed by atoms with van der Waals surface area (Å²) in [5, 5.41) is 14.9. The van der Waals surface area contributed by atoms with Crippen LogP contribution in [0.1, 0.15) is 104 Å². The number of unbranched alkanes of at least 4 members (excludes halogenated alkanes) is 1. The lowest BCUT2D eigenvalue weighted by atomic mass is 9.78. The van der Waals surface area contributed by atoms with Crippen molar-refractivity contribution in [1.82, 2.24) is 16.0 Å². The van der Waals surface area contributed by atoms with Gasteiger partial charge in [0.25, 0.3) is 0 Å². The third-order valence-electron chi connectivity index (χ3n) is 9.92. The molecule has 0 heterocycles. The number of ether oxygens (including phenoxy) is 3. The minimum Gasteiger partial charge on any atom is -0.461 e. The minimum atomic E-state index is -0.842. The zero-order valence-electron chi connectivity index (χ0n) is 36.0. The summed E-state index contributed by atoms with van der Waals surface area (Å²) >= 11 is 0. The first-order valence-corrected chi connectivity index (χ1v) is 20.7. The predicted molar refractivity (Wildman–Crippen MR) is 222 cm³/mol. The molecule has 1 aliphatic carbocycles. The Labute approximate surface area is 345 Å². The van der Waals surface area contributed by atoms with Crippen LogP contribution < -0.4 is 27.0 Å². The van der Waals surface area contributed by atoms with E-state index in [2.05, 4.69) is 40.2 Å². The van der Waals surface area contributed by atoms with Gasteiger partial charge in [0, 0.05) is 24.6 Å². The topological polar surface area (TPSA) is 223 Å². The van der Waals surface area contributed by atoms with E-state index in [0.717, 1.165) is 31.2 Å². The third-order valence-corrected chi connectivity index (χ3v) is 9.92. The number of hydrogen-bond donors (Lipinski definition) is 6. The van der Waals surface area contributed by atoms with Crippen LogP contribution in [0.15, 0.2) is 41.3 Å². The van der Waals surface area contributed by atoms with Crippen LogP contribution in [0.25, 0.3) is 0 Å². The van der Waals surface area contributed by atoms with Crippen LogP contribution in [0.4, 0.5) is 5.69 Å². The van der Waals surface area contributed by atoms with Crippen LogP contribution in [0, 0.1) is 23.3 Å². The Morgan fingerprint density at radius 1 is 1.00 bits per heavy atom. The Balaban J connectivity index is 1.73. The molecule has 0 aromatic heterocycles. The number of carbonyl (C=O) groups is 5. The number of rotatable bonds is 27. The quantitative estimate of drug-likeness (QED) is 0.0234. The van der Waals surface area contributed by atoms with Gasteiger partial charge in [-0.3, -0.25) is 28.5 Å². The number of nitrogens with zero attached hydrogens (tertiary/aromatic N) is 2. The van der Waals surface area contributed by atoms with Crippen LogP contribution in [0.5, 0.6) is 0 Å². The van der Waals surface area contributed by atoms with Crippen molar-refractivity contribution in [3.63, 3.8) is 0 Å². The fourth-order valence-electron chi connectivity index (χ4n) is 6.58. The zero-order valence-corrected chi connectivity index (χ0v) is 36.0. The monoisotopic (exact) mass is 816 g/mol. The Morgan fingerprint density at radius 2 is 1.67 bits per heavy atom. The lowest BCUT2D eigenvalue weighted by Crippen LogP contribution is -2.45. The molecule has 1 aromatic rings.